The highest BCUT2D eigenvalue weighted by atomic mass is 32.2. The first-order valence-electron chi connectivity index (χ1n) is 8.61. The van der Waals surface area contributed by atoms with Crippen LogP contribution in [0.1, 0.15) is 32.3 Å². The number of benzene rings is 2. The second-order valence-corrected chi connectivity index (χ2v) is 9.13. The lowest BCUT2D eigenvalue weighted by atomic mass is 10.0. The zero-order valence-electron chi connectivity index (χ0n) is 15.6. The Morgan fingerprint density at radius 3 is 2.56 bits per heavy atom. The van der Waals surface area contributed by atoms with Gasteiger partial charge in [-0.3, -0.25) is 14.1 Å². The maximum absolute atomic E-state index is 12.8. The third-order valence-electron chi connectivity index (χ3n) is 4.37. The minimum absolute atomic E-state index is 0.0516. The van der Waals surface area contributed by atoms with Gasteiger partial charge in [0, 0.05) is 6.54 Å². The van der Waals surface area contributed by atoms with E-state index < -0.39 is 10.0 Å². The summed E-state index contributed by atoms with van der Waals surface area (Å²) in [7, 11) is -2.19. The highest BCUT2D eigenvalue weighted by molar-refractivity contribution is 7.92. The number of nitrogens with one attached hydrogen (secondary N) is 1. The fraction of sp³-hybridized carbons (Fsp3) is 0.316. The van der Waals surface area contributed by atoms with Crippen LogP contribution in [-0.4, -0.2) is 20.1 Å². The Balaban J connectivity index is 1.98. The van der Waals surface area contributed by atoms with Crippen molar-refractivity contribution in [2.45, 2.75) is 38.1 Å². The van der Waals surface area contributed by atoms with Gasteiger partial charge in [0.25, 0.3) is 10.0 Å². The molecule has 0 radical (unpaired) electrons. The number of aromatic nitrogens is 1. The highest BCUT2D eigenvalue weighted by Gasteiger charge is 2.18. The molecule has 0 fully saturated rings. The van der Waals surface area contributed by atoms with E-state index in [4.69, 9.17) is 4.74 Å². The van der Waals surface area contributed by atoms with E-state index in [9.17, 15) is 13.2 Å². The molecule has 1 heterocycles. The first-order chi connectivity index (χ1) is 12.8. The maximum Gasteiger partial charge on any atom is 0.308 e. The Bertz CT molecular complexity index is 1140. The molecule has 0 unspecified atom stereocenters. The molecule has 2 aromatic carbocycles. The number of thiazole rings is 1. The molecule has 0 amide bonds. The van der Waals surface area contributed by atoms with Crippen LogP contribution in [0.3, 0.4) is 0 Å². The van der Waals surface area contributed by atoms with Gasteiger partial charge in [-0.2, -0.15) is 0 Å². The van der Waals surface area contributed by atoms with Gasteiger partial charge in [0.2, 0.25) is 0 Å². The molecule has 1 aromatic heterocycles. The lowest BCUT2D eigenvalue weighted by Gasteiger charge is -2.14. The molecule has 1 N–H and O–H groups in total. The second-order valence-electron chi connectivity index (χ2n) is 6.46. The molecule has 6 nitrogen and oxygen atoms in total. The number of sulfonamides is 1. The lowest BCUT2D eigenvalue weighted by Crippen LogP contribution is -2.13. The molecule has 0 saturated heterocycles. The van der Waals surface area contributed by atoms with Crippen molar-refractivity contribution < 1.29 is 13.2 Å². The van der Waals surface area contributed by atoms with Gasteiger partial charge in [0.1, 0.15) is 5.75 Å². The summed E-state index contributed by atoms with van der Waals surface area (Å²) in [6, 6.07) is 9.96. The fourth-order valence-corrected chi connectivity index (χ4v) is 5.05. The van der Waals surface area contributed by atoms with Crippen LogP contribution in [0.15, 0.2) is 46.1 Å². The van der Waals surface area contributed by atoms with E-state index in [2.05, 4.69) is 4.72 Å². The zero-order valence-corrected chi connectivity index (χ0v) is 17.3. The molecule has 8 heteroatoms. The third kappa shape index (κ3) is 3.72. The SMILES string of the molecule is CCn1c(=O)sc2cc(NS(=O)(=O)c3ccc(OC)c(C(C)C)c3)ccc21. The van der Waals surface area contributed by atoms with Crippen LogP contribution < -0.4 is 14.3 Å². The van der Waals surface area contributed by atoms with Crippen molar-refractivity contribution in [3.8, 4) is 5.75 Å². The largest absolute Gasteiger partial charge is 0.496 e. The Hall–Kier alpha value is -2.32. The van der Waals surface area contributed by atoms with Crippen LogP contribution >= 0.6 is 11.3 Å². The van der Waals surface area contributed by atoms with Gasteiger partial charge in [-0.15, -0.1) is 0 Å². The van der Waals surface area contributed by atoms with Gasteiger partial charge < -0.3 is 4.74 Å². The minimum atomic E-state index is -3.76. The monoisotopic (exact) mass is 406 g/mol. The number of rotatable bonds is 6. The first-order valence-corrected chi connectivity index (χ1v) is 10.9. The van der Waals surface area contributed by atoms with E-state index in [1.54, 1.807) is 42.0 Å². The molecule has 0 atom stereocenters. The standard InChI is InChI=1S/C19H22N2O4S2/c1-5-21-16-8-6-13(10-18(16)26-19(21)22)20-27(23,24)14-7-9-17(25-4)15(11-14)12(2)3/h6-12,20H,5H2,1-4H3. The van der Waals surface area contributed by atoms with Crippen LogP contribution in [0.5, 0.6) is 5.75 Å². The quantitative estimate of drug-likeness (QED) is 0.671. The first kappa shape index (κ1) is 19.4. The van der Waals surface area contributed by atoms with Gasteiger partial charge in [0.15, 0.2) is 0 Å². The number of hydrogen-bond acceptors (Lipinski definition) is 5. The molecular formula is C19H22N2O4S2. The Kier molecular flexibility index (Phi) is 5.30. The predicted octanol–water partition coefficient (Wildman–Crippen LogP) is 4.02. The van der Waals surface area contributed by atoms with Crippen molar-refractivity contribution in [1.29, 1.82) is 0 Å². The Morgan fingerprint density at radius 2 is 1.93 bits per heavy atom. The highest BCUT2D eigenvalue weighted by Crippen LogP contribution is 2.30. The predicted molar refractivity (Wildman–Crippen MR) is 110 cm³/mol. The molecule has 0 spiro atoms. The van der Waals surface area contributed by atoms with Crippen LogP contribution in [0.25, 0.3) is 10.2 Å². The van der Waals surface area contributed by atoms with Crippen LogP contribution in [0.4, 0.5) is 5.69 Å². The van der Waals surface area contributed by atoms with Crippen molar-refractivity contribution in [1.82, 2.24) is 4.57 Å². The summed E-state index contributed by atoms with van der Waals surface area (Å²) in [5.74, 6) is 0.786. The lowest BCUT2D eigenvalue weighted by molar-refractivity contribution is 0.407. The summed E-state index contributed by atoms with van der Waals surface area (Å²) < 4.78 is 36.0. The fourth-order valence-electron chi connectivity index (χ4n) is 2.97. The second kappa shape index (κ2) is 7.36. The normalized spacial score (nSPS) is 11.9. The number of anilines is 1. The van der Waals surface area contributed by atoms with E-state index in [1.165, 1.54) is 6.07 Å². The Morgan fingerprint density at radius 1 is 1.19 bits per heavy atom. The molecule has 0 aliphatic carbocycles. The average molecular weight is 407 g/mol. The molecule has 144 valence electrons. The van der Waals surface area contributed by atoms with Gasteiger partial charge in [-0.05, 0) is 54.8 Å². The summed E-state index contributed by atoms with van der Waals surface area (Å²) >= 11 is 1.11. The van der Waals surface area contributed by atoms with Crippen molar-refractivity contribution in [2.24, 2.45) is 0 Å². The van der Waals surface area contributed by atoms with Crippen molar-refractivity contribution in [3.05, 3.63) is 51.6 Å². The molecule has 0 saturated carbocycles. The number of nitrogens with zero attached hydrogens (tertiary/aromatic N) is 1. The van der Waals surface area contributed by atoms with Gasteiger partial charge >= 0.3 is 4.87 Å². The van der Waals surface area contributed by atoms with Gasteiger partial charge in [-0.1, -0.05) is 25.2 Å². The average Bonchev–Trinajstić information content (AvgIpc) is 2.94. The molecular weight excluding hydrogens is 384 g/mol. The van der Waals surface area contributed by atoms with E-state index in [-0.39, 0.29) is 15.7 Å². The number of ether oxygens (including phenoxy) is 1. The molecule has 0 bridgehead atoms. The van der Waals surface area contributed by atoms with Crippen molar-refractivity contribution >= 4 is 37.3 Å². The van der Waals surface area contributed by atoms with E-state index in [1.807, 2.05) is 20.8 Å². The van der Waals surface area contributed by atoms with E-state index in [0.29, 0.717) is 18.0 Å². The number of methoxy groups -OCH3 is 1. The van der Waals surface area contributed by atoms with Gasteiger partial charge in [0.05, 0.1) is 27.9 Å². The maximum atomic E-state index is 12.8. The summed E-state index contributed by atoms with van der Waals surface area (Å²) in [4.78, 5) is 12.1. The molecule has 3 rings (SSSR count). The van der Waals surface area contributed by atoms with E-state index >= 15 is 0 Å². The number of fused-ring (bicyclic) bond motifs is 1. The van der Waals surface area contributed by atoms with Gasteiger partial charge in [-0.25, -0.2) is 8.42 Å². The van der Waals surface area contributed by atoms with Crippen LogP contribution in [-0.2, 0) is 16.6 Å². The third-order valence-corrected chi connectivity index (χ3v) is 6.69. The topological polar surface area (TPSA) is 77.4 Å². The van der Waals surface area contributed by atoms with Crippen LogP contribution in [0, 0.1) is 0 Å². The molecule has 0 aliphatic rings. The molecule has 3 aromatic rings. The molecule has 0 aliphatic heterocycles. The number of hydrogen-bond donors (Lipinski definition) is 1. The summed E-state index contributed by atoms with van der Waals surface area (Å²) in [6.07, 6.45) is 0. The van der Waals surface area contributed by atoms with Crippen molar-refractivity contribution in [3.63, 3.8) is 0 Å². The summed E-state index contributed by atoms with van der Waals surface area (Å²) in [5.41, 5.74) is 2.06. The van der Waals surface area contributed by atoms with Crippen LogP contribution in [0.2, 0.25) is 0 Å². The summed E-state index contributed by atoms with van der Waals surface area (Å²) in [6.45, 7) is 6.44. The Labute approximate surface area is 162 Å². The number of aryl methyl sites for hydroxylation is 1. The van der Waals surface area contributed by atoms with Crippen molar-refractivity contribution in [2.75, 3.05) is 11.8 Å². The smallest absolute Gasteiger partial charge is 0.308 e. The minimum Gasteiger partial charge on any atom is -0.496 e. The zero-order chi connectivity index (χ0) is 19.8. The molecule has 27 heavy (non-hydrogen) atoms. The van der Waals surface area contributed by atoms with E-state index in [0.717, 1.165) is 27.1 Å². The summed E-state index contributed by atoms with van der Waals surface area (Å²) in [5, 5.41) is 0.